The van der Waals surface area contributed by atoms with E-state index in [0.717, 1.165) is 24.4 Å². The number of carbonyl (C=O) groups is 1. The van der Waals surface area contributed by atoms with Crippen LogP contribution in [-0.4, -0.2) is 19.3 Å². The summed E-state index contributed by atoms with van der Waals surface area (Å²) in [7, 11) is -1.08. The van der Waals surface area contributed by atoms with Crippen LogP contribution < -0.4 is 4.72 Å². The maximum Gasteiger partial charge on any atom is 0.176 e. The van der Waals surface area contributed by atoms with Gasteiger partial charge in [-0.1, -0.05) is 0 Å². The van der Waals surface area contributed by atoms with E-state index in [1.54, 1.807) is 6.92 Å². The zero-order valence-corrected chi connectivity index (χ0v) is 12.1. The van der Waals surface area contributed by atoms with Gasteiger partial charge in [-0.3, -0.25) is 4.79 Å². The van der Waals surface area contributed by atoms with Crippen LogP contribution in [0.3, 0.4) is 0 Å². The molecule has 0 bridgehead atoms. The number of Topliss-reactive ketones (excluding diaryl/α,β-unsaturated/α-hetero) is 1. The third-order valence-electron chi connectivity index (χ3n) is 3.18. The number of nitrogens with zero attached hydrogens (tertiary/aromatic N) is 1. The minimum Gasteiger partial charge on any atom is -0.341 e. The maximum absolute atomic E-state index is 12.1. The first-order valence-electron chi connectivity index (χ1n) is 6.19. The smallest absolute Gasteiger partial charge is 0.176 e. The molecule has 1 aliphatic heterocycles. The van der Waals surface area contributed by atoms with Gasteiger partial charge in [-0.15, -0.1) is 0 Å². The molecule has 0 aliphatic carbocycles. The molecule has 2 rings (SSSR count). The summed E-state index contributed by atoms with van der Waals surface area (Å²) in [6, 6.07) is 3.89. The Morgan fingerprint density at radius 1 is 1.44 bits per heavy atom. The van der Waals surface area contributed by atoms with E-state index in [9.17, 15) is 9.00 Å². The molecule has 1 aliphatic rings. The summed E-state index contributed by atoms with van der Waals surface area (Å²) in [6.07, 6.45) is 0.887. The second kappa shape index (κ2) is 4.63. The number of hydrogen-bond donors (Lipinski definition) is 1. The van der Waals surface area contributed by atoms with Crippen LogP contribution in [0.15, 0.2) is 12.1 Å². The van der Waals surface area contributed by atoms with Crippen molar-refractivity contribution in [3.63, 3.8) is 0 Å². The van der Waals surface area contributed by atoms with Crippen LogP contribution in [0.25, 0.3) is 0 Å². The predicted octanol–water partition coefficient (Wildman–Crippen LogP) is 2.19. The number of rotatable bonds is 3. The van der Waals surface area contributed by atoms with E-state index in [4.69, 9.17) is 0 Å². The molecule has 0 saturated carbocycles. The Kier molecular flexibility index (Phi) is 3.47. The molecule has 2 heterocycles. The number of aromatic nitrogens is 1. The Morgan fingerprint density at radius 3 is 2.67 bits per heavy atom. The molecule has 0 amide bonds. The van der Waals surface area contributed by atoms with Gasteiger partial charge in [0.2, 0.25) is 0 Å². The molecule has 2 unspecified atom stereocenters. The van der Waals surface area contributed by atoms with E-state index in [2.05, 4.69) is 4.72 Å². The van der Waals surface area contributed by atoms with Crippen molar-refractivity contribution < 1.29 is 9.00 Å². The first-order valence-corrected chi connectivity index (χ1v) is 7.34. The van der Waals surface area contributed by atoms with Gasteiger partial charge in [0.25, 0.3) is 0 Å². The lowest BCUT2D eigenvalue weighted by molar-refractivity contribution is 0.100. The van der Waals surface area contributed by atoms with Gasteiger partial charge < -0.3 is 4.57 Å². The summed E-state index contributed by atoms with van der Waals surface area (Å²) in [5, 5.41) is 0. The largest absolute Gasteiger partial charge is 0.341 e. The molecule has 2 atom stereocenters. The number of hydrogen-bond acceptors (Lipinski definition) is 2. The highest BCUT2D eigenvalue weighted by Crippen LogP contribution is 2.29. The van der Waals surface area contributed by atoms with Gasteiger partial charge in [-0.05, 0) is 39.3 Å². The number of ketones is 1. The second-order valence-electron chi connectivity index (χ2n) is 5.69. The molecule has 4 nitrogen and oxygen atoms in total. The van der Waals surface area contributed by atoms with Gasteiger partial charge in [-0.25, -0.2) is 8.93 Å². The number of fused-ring (bicyclic) bond motifs is 1. The van der Waals surface area contributed by atoms with E-state index >= 15 is 0 Å². The molecule has 0 radical (unpaired) electrons. The Bertz CT molecular complexity index is 500. The minimum atomic E-state index is -1.08. The molecule has 0 aromatic carbocycles. The monoisotopic (exact) mass is 268 g/mol. The fourth-order valence-electron chi connectivity index (χ4n) is 2.18. The van der Waals surface area contributed by atoms with Crippen molar-refractivity contribution in [2.24, 2.45) is 0 Å². The first kappa shape index (κ1) is 13.5. The fraction of sp³-hybridized carbons (Fsp3) is 0.615. The van der Waals surface area contributed by atoms with E-state index in [-0.39, 0.29) is 16.6 Å². The third-order valence-corrected chi connectivity index (χ3v) is 4.79. The van der Waals surface area contributed by atoms with Gasteiger partial charge >= 0.3 is 0 Å². The average molecular weight is 268 g/mol. The second-order valence-corrected chi connectivity index (χ2v) is 7.69. The topological polar surface area (TPSA) is 51.1 Å². The van der Waals surface area contributed by atoms with Gasteiger partial charge in [0, 0.05) is 19.2 Å². The predicted molar refractivity (Wildman–Crippen MR) is 72.8 cm³/mol. The zero-order chi connectivity index (χ0) is 13.5. The molecule has 1 aromatic heterocycles. The Morgan fingerprint density at radius 2 is 2.11 bits per heavy atom. The zero-order valence-electron chi connectivity index (χ0n) is 11.3. The van der Waals surface area contributed by atoms with Crippen LogP contribution in [0.5, 0.6) is 0 Å². The van der Waals surface area contributed by atoms with Crippen molar-refractivity contribution in [1.29, 1.82) is 0 Å². The van der Waals surface area contributed by atoms with Gasteiger partial charge in [0.15, 0.2) is 5.78 Å². The summed E-state index contributed by atoms with van der Waals surface area (Å²) in [4.78, 5) is 11.5. The van der Waals surface area contributed by atoms with Crippen LogP contribution in [0.4, 0.5) is 0 Å². The lowest BCUT2D eigenvalue weighted by Gasteiger charge is -2.21. The van der Waals surface area contributed by atoms with Crippen molar-refractivity contribution in [2.45, 2.75) is 51.4 Å². The quantitative estimate of drug-likeness (QED) is 0.854. The van der Waals surface area contributed by atoms with Crippen molar-refractivity contribution in [3.8, 4) is 0 Å². The molecule has 0 saturated heterocycles. The molecule has 18 heavy (non-hydrogen) atoms. The highest BCUT2D eigenvalue weighted by Gasteiger charge is 2.29. The van der Waals surface area contributed by atoms with Crippen molar-refractivity contribution >= 4 is 16.8 Å². The summed E-state index contributed by atoms with van der Waals surface area (Å²) in [6.45, 7) is 8.24. The van der Waals surface area contributed by atoms with Gasteiger partial charge in [0.05, 0.1) is 27.5 Å². The lowest BCUT2D eigenvalue weighted by Crippen LogP contribution is -2.35. The van der Waals surface area contributed by atoms with Gasteiger partial charge in [0.1, 0.15) is 0 Å². The van der Waals surface area contributed by atoms with E-state index < -0.39 is 11.0 Å². The highest BCUT2D eigenvalue weighted by atomic mass is 32.2. The molecular formula is C13H20N2O2S. The molecule has 5 heteroatoms. The van der Waals surface area contributed by atoms with E-state index in [1.165, 1.54) is 0 Å². The van der Waals surface area contributed by atoms with Gasteiger partial charge in [-0.2, -0.15) is 0 Å². The molecule has 0 spiro atoms. The molecule has 100 valence electrons. The van der Waals surface area contributed by atoms with Crippen LogP contribution in [0.1, 0.15) is 56.3 Å². The number of carbonyl (C=O) groups excluding carboxylic acids is 1. The SMILES string of the molecule is CC(=O)c1ccc2n1CCC2NS(=O)C(C)(C)C. The van der Waals surface area contributed by atoms with E-state index in [1.807, 2.05) is 37.5 Å². The fourth-order valence-corrected chi connectivity index (χ4v) is 3.03. The van der Waals surface area contributed by atoms with Crippen molar-refractivity contribution in [3.05, 3.63) is 23.5 Å². The third kappa shape index (κ3) is 2.42. The minimum absolute atomic E-state index is 0.0816. The van der Waals surface area contributed by atoms with Crippen molar-refractivity contribution in [2.75, 3.05) is 0 Å². The summed E-state index contributed by atoms with van der Waals surface area (Å²) < 4.78 is 17.0. The van der Waals surface area contributed by atoms with Crippen LogP contribution in [0, 0.1) is 0 Å². The Balaban J connectivity index is 2.18. The molecular weight excluding hydrogens is 248 g/mol. The standard InChI is InChI=1S/C13H20N2O2S/c1-9(16)11-5-6-12-10(7-8-15(11)12)14-18(17)13(2,3)4/h5-6,10,14H,7-8H2,1-4H3. The maximum atomic E-state index is 12.1. The van der Waals surface area contributed by atoms with Crippen LogP contribution in [-0.2, 0) is 17.5 Å². The number of nitrogens with one attached hydrogen (secondary N) is 1. The first-order chi connectivity index (χ1) is 8.30. The average Bonchev–Trinajstić information content (AvgIpc) is 2.78. The molecule has 1 N–H and O–H groups in total. The highest BCUT2D eigenvalue weighted by molar-refractivity contribution is 7.84. The lowest BCUT2D eigenvalue weighted by atomic mass is 10.2. The summed E-state index contributed by atoms with van der Waals surface area (Å²) >= 11 is 0. The van der Waals surface area contributed by atoms with Crippen molar-refractivity contribution in [1.82, 2.24) is 9.29 Å². The summed E-state index contributed by atoms with van der Waals surface area (Å²) in [5.74, 6) is 0.0823. The van der Waals surface area contributed by atoms with E-state index in [0.29, 0.717) is 0 Å². The normalized spacial score (nSPS) is 20.8. The molecule has 1 aromatic rings. The molecule has 0 fully saturated rings. The Hall–Kier alpha value is -0.940. The van der Waals surface area contributed by atoms with Crippen LogP contribution >= 0.6 is 0 Å². The Labute approximate surface area is 110 Å². The van der Waals surface area contributed by atoms with Crippen LogP contribution in [0.2, 0.25) is 0 Å². The summed E-state index contributed by atoms with van der Waals surface area (Å²) in [5.41, 5.74) is 1.81.